The van der Waals surface area contributed by atoms with E-state index < -0.39 is 14.6 Å². The summed E-state index contributed by atoms with van der Waals surface area (Å²) in [4.78, 5) is 0. The largest absolute Gasteiger partial charge is 0.316 e. The van der Waals surface area contributed by atoms with Crippen molar-refractivity contribution >= 4 is 9.84 Å². The molecule has 0 atom stereocenters. The van der Waals surface area contributed by atoms with Crippen LogP contribution < -0.4 is 5.32 Å². The highest BCUT2D eigenvalue weighted by Gasteiger charge is 2.31. The molecule has 0 spiro atoms. The van der Waals surface area contributed by atoms with Crippen molar-refractivity contribution in [2.45, 2.75) is 59.6 Å². The van der Waals surface area contributed by atoms with E-state index in [1.807, 2.05) is 0 Å². The number of sulfone groups is 1. The van der Waals surface area contributed by atoms with Crippen LogP contribution in [0.1, 0.15) is 54.9 Å². The molecule has 1 N–H and O–H groups in total. The quantitative estimate of drug-likeness (QED) is 0.778. The number of hydrogen-bond donors (Lipinski definition) is 1. The lowest BCUT2D eigenvalue weighted by molar-refractivity contribution is 0.321. The van der Waals surface area contributed by atoms with Crippen molar-refractivity contribution in [1.29, 1.82) is 0 Å². The lowest BCUT2D eigenvalue weighted by Gasteiger charge is -2.27. The molecule has 0 aromatic rings. The minimum Gasteiger partial charge on any atom is -0.316 e. The number of rotatable bonds is 7. The molecule has 0 amide bonds. The van der Waals surface area contributed by atoms with Gasteiger partial charge >= 0.3 is 0 Å². The van der Waals surface area contributed by atoms with E-state index in [0.29, 0.717) is 12.3 Å². The Bertz CT molecular complexity index is 337. The molecule has 0 aliphatic carbocycles. The summed E-state index contributed by atoms with van der Waals surface area (Å²) in [5.74, 6) is 0.895. The molecule has 0 radical (unpaired) electrons. The summed E-state index contributed by atoms with van der Waals surface area (Å²) < 4.78 is 23.5. The van der Waals surface area contributed by atoms with Gasteiger partial charge in [-0.25, -0.2) is 8.42 Å². The standard InChI is InChI=1S/C14H31NO2S/c1-12(2)10-15-11-14(6,7)8-9-18(16,17)13(3,4)5/h12,15H,8-11H2,1-7H3. The first-order valence-corrected chi connectivity index (χ1v) is 8.46. The zero-order valence-electron chi connectivity index (χ0n) is 13.1. The summed E-state index contributed by atoms with van der Waals surface area (Å²) in [6.07, 6.45) is 0.706. The van der Waals surface area contributed by atoms with E-state index in [9.17, 15) is 8.42 Å². The Hall–Kier alpha value is -0.0900. The Morgan fingerprint density at radius 2 is 1.56 bits per heavy atom. The van der Waals surface area contributed by atoms with Crippen molar-refractivity contribution in [3.63, 3.8) is 0 Å². The molecule has 0 heterocycles. The van der Waals surface area contributed by atoms with Gasteiger partial charge in [0.05, 0.1) is 10.5 Å². The second kappa shape index (κ2) is 6.38. The Labute approximate surface area is 114 Å². The van der Waals surface area contributed by atoms with Gasteiger partial charge in [0.1, 0.15) is 0 Å². The van der Waals surface area contributed by atoms with Crippen molar-refractivity contribution < 1.29 is 8.42 Å². The van der Waals surface area contributed by atoms with E-state index in [2.05, 4.69) is 33.0 Å². The van der Waals surface area contributed by atoms with Gasteiger partial charge in [-0.2, -0.15) is 0 Å². The lowest BCUT2D eigenvalue weighted by atomic mass is 9.90. The molecule has 0 saturated carbocycles. The van der Waals surface area contributed by atoms with Crippen molar-refractivity contribution in [1.82, 2.24) is 5.32 Å². The van der Waals surface area contributed by atoms with E-state index in [0.717, 1.165) is 13.1 Å². The predicted molar refractivity (Wildman–Crippen MR) is 79.6 cm³/mol. The number of nitrogens with one attached hydrogen (secondary N) is 1. The second-order valence-electron chi connectivity index (χ2n) is 7.37. The summed E-state index contributed by atoms with van der Waals surface area (Å²) >= 11 is 0. The normalized spacial score (nSPS) is 14.2. The van der Waals surface area contributed by atoms with Crippen molar-refractivity contribution in [3.05, 3.63) is 0 Å². The molecular weight excluding hydrogens is 246 g/mol. The van der Waals surface area contributed by atoms with E-state index in [1.165, 1.54) is 0 Å². The minimum atomic E-state index is -3.00. The van der Waals surface area contributed by atoms with Gasteiger partial charge in [-0.05, 0) is 45.1 Å². The Kier molecular flexibility index (Phi) is 6.34. The van der Waals surface area contributed by atoms with Gasteiger partial charge in [0.25, 0.3) is 0 Å². The molecule has 0 rings (SSSR count). The fraction of sp³-hybridized carbons (Fsp3) is 1.00. The molecule has 0 saturated heterocycles. The van der Waals surface area contributed by atoms with Crippen LogP contribution in [0.3, 0.4) is 0 Å². The topological polar surface area (TPSA) is 46.2 Å². The van der Waals surface area contributed by atoms with Gasteiger partial charge in [-0.1, -0.05) is 27.7 Å². The molecule has 0 aliphatic heterocycles. The maximum Gasteiger partial charge on any atom is 0.155 e. The van der Waals surface area contributed by atoms with Gasteiger partial charge in [-0.3, -0.25) is 0 Å². The molecule has 3 nitrogen and oxygen atoms in total. The van der Waals surface area contributed by atoms with E-state index >= 15 is 0 Å². The maximum atomic E-state index is 12.1. The fourth-order valence-electron chi connectivity index (χ4n) is 1.50. The zero-order valence-corrected chi connectivity index (χ0v) is 13.9. The van der Waals surface area contributed by atoms with Crippen LogP contribution >= 0.6 is 0 Å². The second-order valence-corrected chi connectivity index (χ2v) is 10.2. The van der Waals surface area contributed by atoms with Gasteiger partial charge in [0.2, 0.25) is 0 Å². The smallest absolute Gasteiger partial charge is 0.155 e. The summed E-state index contributed by atoms with van der Waals surface area (Å²) in [5, 5.41) is 3.41. The van der Waals surface area contributed by atoms with Crippen LogP contribution in [0.2, 0.25) is 0 Å². The first-order valence-electron chi connectivity index (χ1n) is 6.80. The molecule has 4 heteroatoms. The van der Waals surface area contributed by atoms with Crippen molar-refractivity contribution in [3.8, 4) is 0 Å². The monoisotopic (exact) mass is 277 g/mol. The SMILES string of the molecule is CC(C)CNCC(C)(C)CCS(=O)(=O)C(C)(C)C. The van der Waals surface area contributed by atoms with Crippen LogP contribution in [0.25, 0.3) is 0 Å². The van der Waals surface area contributed by atoms with Crippen LogP contribution in [0.5, 0.6) is 0 Å². The maximum absolute atomic E-state index is 12.1. The van der Waals surface area contributed by atoms with Gasteiger partial charge in [-0.15, -0.1) is 0 Å². The summed E-state index contributed by atoms with van der Waals surface area (Å²) in [6, 6.07) is 0. The molecule has 0 aromatic heterocycles. The van der Waals surface area contributed by atoms with Gasteiger partial charge in [0, 0.05) is 6.54 Å². The van der Waals surface area contributed by atoms with Crippen LogP contribution in [-0.4, -0.2) is 32.0 Å². The van der Waals surface area contributed by atoms with E-state index in [-0.39, 0.29) is 11.2 Å². The molecule has 0 aliphatic rings. The molecule has 0 aromatic carbocycles. The molecule has 0 unspecified atom stereocenters. The highest BCUT2D eigenvalue weighted by atomic mass is 32.2. The highest BCUT2D eigenvalue weighted by Crippen LogP contribution is 2.24. The fourth-order valence-corrected chi connectivity index (χ4v) is 2.94. The minimum absolute atomic E-state index is 0.0210. The average Bonchev–Trinajstić information content (AvgIpc) is 2.12. The Morgan fingerprint density at radius 1 is 1.06 bits per heavy atom. The molecule has 110 valence electrons. The average molecular weight is 277 g/mol. The molecule has 18 heavy (non-hydrogen) atoms. The van der Waals surface area contributed by atoms with Crippen molar-refractivity contribution in [2.24, 2.45) is 11.3 Å². The van der Waals surface area contributed by atoms with Crippen LogP contribution in [-0.2, 0) is 9.84 Å². The first-order chi connectivity index (χ1) is 7.87. The van der Waals surface area contributed by atoms with Crippen LogP contribution in [0.15, 0.2) is 0 Å². The molecule has 0 fully saturated rings. The first kappa shape index (κ1) is 17.9. The lowest BCUT2D eigenvalue weighted by Crippen LogP contribution is -2.36. The van der Waals surface area contributed by atoms with E-state index in [4.69, 9.17) is 0 Å². The number of hydrogen-bond acceptors (Lipinski definition) is 3. The van der Waals surface area contributed by atoms with Crippen molar-refractivity contribution in [2.75, 3.05) is 18.8 Å². The van der Waals surface area contributed by atoms with E-state index in [1.54, 1.807) is 20.8 Å². The zero-order chi connectivity index (χ0) is 14.6. The molecule has 0 bridgehead atoms. The molecular formula is C14H31NO2S. The van der Waals surface area contributed by atoms with Gasteiger partial charge in [0.15, 0.2) is 9.84 Å². The summed E-state index contributed by atoms with van der Waals surface area (Å²) in [5.41, 5.74) is 0.0210. The van der Waals surface area contributed by atoms with Crippen LogP contribution in [0, 0.1) is 11.3 Å². The highest BCUT2D eigenvalue weighted by molar-refractivity contribution is 7.92. The summed E-state index contributed by atoms with van der Waals surface area (Å²) in [7, 11) is -3.00. The van der Waals surface area contributed by atoms with Crippen LogP contribution in [0.4, 0.5) is 0 Å². The Balaban J connectivity index is 4.27. The Morgan fingerprint density at radius 3 is 1.94 bits per heavy atom. The third-order valence-electron chi connectivity index (χ3n) is 3.14. The predicted octanol–water partition coefficient (Wildman–Crippen LogP) is 2.86. The summed E-state index contributed by atoms with van der Waals surface area (Å²) in [6.45, 7) is 15.7. The third kappa shape index (κ3) is 6.74. The third-order valence-corrected chi connectivity index (χ3v) is 5.74. The van der Waals surface area contributed by atoms with Gasteiger partial charge < -0.3 is 5.32 Å².